The number of carbonyl (C=O) groups excluding carboxylic acids is 1. The highest BCUT2D eigenvalue weighted by Gasteiger charge is 2.53. The highest BCUT2D eigenvalue weighted by atomic mass is 16.8. The van der Waals surface area contributed by atoms with Crippen molar-refractivity contribution in [2.45, 2.75) is 330 Å². The topological polar surface area (TPSA) is 307 Å². The highest BCUT2D eigenvalue weighted by molar-refractivity contribution is 5.76. The van der Waals surface area contributed by atoms with E-state index in [1.165, 1.54) is 122 Å². The summed E-state index contributed by atoms with van der Waals surface area (Å²) in [7, 11) is 0. The Morgan fingerprint density at radius 2 is 0.745 bits per heavy atom. The molecule has 3 aliphatic heterocycles. The summed E-state index contributed by atoms with van der Waals surface area (Å²) in [4.78, 5) is 13.4. The van der Waals surface area contributed by atoms with E-state index in [4.69, 9.17) is 28.4 Å². The van der Waals surface area contributed by atoms with Crippen molar-refractivity contribution >= 4 is 5.91 Å². The number of unbranched alkanes of at least 4 members (excludes halogenated alkanes) is 22. The SMILES string of the molecule is CC/C=C\C/C=C\C/C=C\C/C=C\C/C=C\C/C=C\C/C=C\CCCC(=O)NC(COC1OC(CO)C(OC2OC(CO)C(OC3OC(CO)C(O)C(O)C3O)C(O)C2O)C(O)C1O)C(O)/C=C/CC/C=C/CCCCCCCCCCCCCCCCCCCCCC. The van der Waals surface area contributed by atoms with E-state index in [1.807, 2.05) is 12.2 Å². The van der Waals surface area contributed by atoms with Gasteiger partial charge in [0, 0.05) is 6.42 Å². The predicted octanol–water partition coefficient (Wildman–Crippen LogP) is 10.2. The Morgan fingerprint density at radius 1 is 0.394 bits per heavy atom. The van der Waals surface area contributed by atoms with Crippen molar-refractivity contribution in [3.8, 4) is 0 Å². The van der Waals surface area contributed by atoms with Gasteiger partial charge < -0.3 is 89.9 Å². The second-order valence-electron chi connectivity index (χ2n) is 25.3. The Balaban J connectivity index is 1.46. The van der Waals surface area contributed by atoms with Crippen molar-refractivity contribution in [2.24, 2.45) is 0 Å². The van der Waals surface area contributed by atoms with E-state index in [0.29, 0.717) is 19.3 Å². The minimum absolute atomic E-state index is 0.149. The number of hydrogen-bond donors (Lipinski definition) is 12. The molecule has 0 aromatic carbocycles. The van der Waals surface area contributed by atoms with Gasteiger partial charge in [-0.05, 0) is 83.5 Å². The van der Waals surface area contributed by atoms with Gasteiger partial charge in [0.2, 0.25) is 5.91 Å². The van der Waals surface area contributed by atoms with Gasteiger partial charge in [-0.25, -0.2) is 0 Å². The van der Waals surface area contributed by atoms with Gasteiger partial charge in [0.05, 0.1) is 38.6 Å². The van der Waals surface area contributed by atoms with Crippen molar-refractivity contribution in [3.63, 3.8) is 0 Å². The second-order valence-corrected chi connectivity index (χ2v) is 25.3. The van der Waals surface area contributed by atoms with E-state index < -0.39 is 131 Å². The van der Waals surface area contributed by atoms with Gasteiger partial charge in [-0.15, -0.1) is 0 Å². The van der Waals surface area contributed by atoms with E-state index in [-0.39, 0.29) is 12.3 Å². The number of allylic oxidation sites excluding steroid dienone is 17. The summed E-state index contributed by atoms with van der Waals surface area (Å²) in [6.45, 7) is 1.56. The number of aliphatic hydroxyl groups excluding tert-OH is 11. The number of ether oxygens (including phenoxy) is 6. The van der Waals surface area contributed by atoms with E-state index >= 15 is 0 Å². The van der Waals surface area contributed by atoms with Gasteiger partial charge in [0.25, 0.3) is 0 Å². The van der Waals surface area contributed by atoms with Gasteiger partial charge in [-0.2, -0.15) is 0 Å². The molecule has 3 aliphatic rings. The summed E-state index contributed by atoms with van der Waals surface area (Å²) in [5, 5.41) is 121. The van der Waals surface area contributed by atoms with Crippen molar-refractivity contribution < 1.29 is 89.4 Å². The van der Waals surface area contributed by atoms with Crippen LogP contribution in [0.4, 0.5) is 0 Å². The van der Waals surface area contributed by atoms with E-state index in [9.17, 15) is 61.0 Å². The maximum absolute atomic E-state index is 13.4. The summed E-state index contributed by atoms with van der Waals surface area (Å²) in [6, 6.07) is -1.03. The monoisotopic (exact) mass is 1330 g/mol. The van der Waals surface area contributed by atoms with Crippen LogP contribution in [0.5, 0.6) is 0 Å². The van der Waals surface area contributed by atoms with Crippen LogP contribution in [0.1, 0.15) is 226 Å². The lowest BCUT2D eigenvalue weighted by atomic mass is 9.96. The lowest BCUT2D eigenvalue weighted by Crippen LogP contribution is -2.66. The zero-order valence-electron chi connectivity index (χ0n) is 57.1. The van der Waals surface area contributed by atoms with Gasteiger partial charge in [-0.3, -0.25) is 4.79 Å². The van der Waals surface area contributed by atoms with Crippen LogP contribution in [0, 0.1) is 0 Å². The standard InChI is InChI=1S/C75H127NO18/c1-3-5-7-9-11-13-15-17-19-21-23-25-27-28-29-31-32-34-36-38-40-42-44-46-48-50-52-59(80)58(76-63(81)53-51-49-47-45-43-41-39-37-35-33-30-26-24-22-20-18-16-14-12-10-8-6-4-2)57-89-73-69(87)66(84)71(61(55-78)91-73)94-75-70(88)67(85)72(62(56-79)92-75)93-74-68(86)65(83)64(82)60(54-77)90-74/h6,8,12,14,18,20,24,26,33,35,39,41-42,44-45,47,50,52,58-62,64-75,77-80,82-88H,3-5,7,9-11,13,15-17,19,21-23,25,27-32,34,36-38,40,43,46,48-49,51,53-57H2,1-2H3,(H,76,81)/b8-6-,14-12-,20-18-,26-24-,35-33-,41-39-,44-42+,47-45-,52-50+. The Kier molecular flexibility index (Phi) is 49.9. The van der Waals surface area contributed by atoms with Crippen LogP contribution in [0.25, 0.3) is 0 Å². The van der Waals surface area contributed by atoms with Gasteiger partial charge in [-0.1, -0.05) is 245 Å². The molecule has 1 amide bonds. The maximum atomic E-state index is 13.4. The van der Waals surface area contributed by atoms with Crippen molar-refractivity contribution in [2.75, 3.05) is 26.4 Å². The van der Waals surface area contributed by atoms with E-state index in [0.717, 1.165) is 64.2 Å². The van der Waals surface area contributed by atoms with Crippen molar-refractivity contribution in [3.05, 3.63) is 109 Å². The number of rotatable bonds is 54. The van der Waals surface area contributed by atoms with Crippen LogP contribution >= 0.6 is 0 Å². The van der Waals surface area contributed by atoms with Crippen molar-refractivity contribution in [1.82, 2.24) is 5.32 Å². The fourth-order valence-corrected chi connectivity index (χ4v) is 11.5. The maximum Gasteiger partial charge on any atom is 0.220 e. The quantitative estimate of drug-likeness (QED) is 0.0199. The molecule has 94 heavy (non-hydrogen) atoms. The van der Waals surface area contributed by atoms with Crippen LogP contribution in [0.2, 0.25) is 0 Å². The molecule has 3 fully saturated rings. The average molecular weight is 1330 g/mol. The van der Waals surface area contributed by atoms with E-state index in [1.54, 1.807) is 6.08 Å². The van der Waals surface area contributed by atoms with Crippen LogP contribution in [0.15, 0.2) is 109 Å². The fourth-order valence-electron chi connectivity index (χ4n) is 11.5. The lowest BCUT2D eigenvalue weighted by molar-refractivity contribution is -0.379. The number of carbonyl (C=O) groups is 1. The average Bonchev–Trinajstić information content (AvgIpc) is 0.787. The summed E-state index contributed by atoms with van der Waals surface area (Å²) >= 11 is 0. The first-order valence-corrected chi connectivity index (χ1v) is 36.1. The molecule has 0 radical (unpaired) electrons. The third-order valence-corrected chi connectivity index (χ3v) is 17.3. The first-order chi connectivity index (χ1) is 45.8. The molecule has 0 saturated carbocycles. The molecule has 17 atom stereocenters. The first-order valence-electron chi connectivity index (χ1n) is 36.1. The number of aliphatic hydroxyl groups is 11. The minimum Gasteiger partial charge on any atom is -0.394 e. The van der Waals surface area contributed by atoms with Crippen molar-refractivity contribution in [1.29, 1.82) is 0 Å². The molecule has 0 bridgehead atoms. The van der Waals surface area contributed by atoms with Crippen LogP contribution < -0.4 is 5.32 Å². The molecule has 3 rings (SSSR count). The van der Waals surface area contributed by atoms with E-state index in [2.05, 4.69) is 110 Å². The number of amides is 1. The summed E-state index contributed by atoms with van der Waals surface area (Å²) in [5.41, 5.74) is 0. The molecule has 12 N–H and O–H groups in total. The first kappa shape index (κ1) is 84.7. The summed E-state index contributed by atoms with van der Waals surface area (Å²) in [6.07, 6.45) is 47.9. The Bertz CT molecular complexity index is 2130. The summed E-state index contributed by atoms with van der Waals surface area (Å²) in [5.74, 6) is -0.346. The number of nitrogens with one attached hydrogen (secondary N) is 1. The molecule has 3 heterocycles. The largest absolute Gasteiger partial charge is 0.394 e. The molecule has 19 heteroatoms. The van der Waals surface area contributed by atoms with Crippen LogP contribution in [-0.4, -0.2) is 193 Å². The molecule has 3 saturated heterocycles. The predicted molar refractivity (Wildman–Crippen MR) is 369 cm³/mol. The fraction of sp³-hybridized carbons (Fsp3) is 0.747. The third kappa shape index (κ3) is 36.3. The summed E-state index contributed by atoms with van der Waals surface area (Å²) < 4.78 is 34.3. The van der Waals surface area contributed by atoms with Gasteiger partial charge in [0.1, 0.15) is 73.2 Å². The molecule has 0 aliphatic carbocycles. The van der Waals surface area contributed by atoms with Crippen LogP contribution in [-0.2, 0) is 33.2 Å². The Labute approximate surface area is 564 Å². The minimum atomic E-state index is -1.99. The third-order valence-electron chi connectivity index (χ3n) is 17.3. The van der Waals surface area contributed by atoms with Gasteiger partial charge in [0.15, 0.2) is 18.9 Å². The highest BCUT2D eigenvalue weighted by Crippen LogP contribution is 2.33. The molecule has 17 unspecified atom stereocenters. The van der Waals surface area contributed by atoms with Gasteiger partial charge >= 0.3 is 0 Å². The molecule has 540 valence electrons. The molecule has 0 spiro atoms. The van der Waals surface area contributed by atoms with Crippen LogP contribution in [0.3, 0.4) is 0 Å². The smallest absolute Gasteiger partial charge is 0.220 e. The molecule has 19 nitrogen and oxygen atoms in total. The zero-order valence-corrected chi connectivity index (χ0v) is 57.1. The Morgan fingerprint density at radius 3 is 1.19 bits per heavy atom. The molecular weight excluding hydrogens is 1200 g/mol. The molecular formula is C75H127NO18. The Hall–Kier alpha value is -3.55. The zero-order chi connectivity index (χ0) is 68.2. The molecule has 0 aromatic heterocycles. The lowest BCUT2D eigenvalue weighted by Gasteiger charge is -2.48. The normalized spacial score (nSPS) is 28.0. The second kappa shape index (κ2) is 55.3. The number of hydrogen-bond acceptors (Lipinski definition) is 18. The molecule has 0 aromatic rings.